The summed E-state index contributed by atoms with van der Waals surface area (Å²) in [6.07, 6.45) is -7.70. The van der Waals surface area contributed by atoms with Gasteiger partial charge in [-0.3, -0.25) is 4.79 Å². The van der Waals surface area contributed by atoms with Crippen LogP contribution in [0.1, 0.15) is 17.3 Å². The number of aliphatic hydroxyl groups excluding tert-OH is 1. The number of alkyl halides is 3. The maximum atomic E-state index is 13.2. The molecule has 1 aromatic carbocycles. The summed E-state index contributed by atoms with van der Waals surface area (Å²) < 4.78 is 49.7. The van der Waals surface area contributed by atoms with Gasteiger partial charge in [-0.15, -0.1) is 0 Å². The molecule has 0 unspecified atom stereocenters. The van der Waals surface area contributed by atoms with Gasteiger partial charge in [0.2, 0.25) is 0 Å². The Balaban J connectivity index is 2.95. The lowest BCUT2D eigenvalue weighted by Crippen LogP contribution is -2.38. The van der Waals surface area contributed by atoms with Gasteiger partial charge in [-0.05, 0) is 12.1 Å². The van der Waals surface area contributed by atoms with Gasteiger partial charge in [0.15, 0.2) is 11.9 Å². The SMILES string of the molecule is C[C@@H](C(=O)c1ccccc1F)[C@H](O)C(F)(F)F. The molecule has 6 heteroatoms. The van der Waals surface area contributed by atoms with Gasteiger partial charge in [0.05, 0.1) is 11.5 Å². The summed E-state index contributed by atoms with van der Waals surface area (Å²) in [5, 5.41) is 8.91. The van der Waals surface area contributed by atoms with Gasteiger partial charge in [0.25, 0.3) is 0 Å². The zero-order chi connectivity index (χ0) is 13.2. The molecule has 0 bridgehead atoms. The minimum absolute atomic E-state index is 0.455. The lowest BCUT2D eigenvalue weighted by atomic mass is 9.93. The van der Waals surface area contributed by atoms with E-state index in [4.69, 9.17) is 5.11 Å². The fourth-order valence-corrected chi connectivity index (χ4v) is 1.33. The minimum atomic E-state index is -4.90. The Hall–Kier alpha value is -1.43. The van der Waals surface area contributed by atoms with E-state index in [2.05, 4.69) is 0 Å². The van der Waals surface area contributed by atoms with Crippen molar-refractivity contribution in [3.8, 4) is 0 Å². The van der Waals surface area contributed by atoms with Gasteiger partial charge in [0.1, 0.15) is 5.82 Å². The third-order valence-corrected chi connectivity index (χ3v) is 2.36. The molecule has 0 aromatic heterocycles. The van der Waals surface area contributed by atoms with E-state index in [9.17, 15) is 22.4 Å². The first-order valence-electron chi connectivity index (χ1n) is 4.78. The second-order valence-electron chi connectivity index (χ2n) is 3.62. The van der Waals surface area contributed by atoms with Crippen molar-refractivity contribution in [1.82, 2.24) is 0 Å². The molecular formula is C11H10F4O2. The van der Waals surface area contributed by atoms with Gasteiger partial charge in [0, 0.05) is 0 Å². The number of carbonyl (C=O) groups excluding carboxylic acids is 1. The number of hydrogen-bond donors (Lipinski definition) is 1. The van der Waals surface area contributed by atoms with Crippen molar-refractivity contribution in [2.24, 2.45) is 5.92 Å². The third kappa shape index (κ3) is 3.03. The molecule has 0 aliphatic carbocycles. The Kier molecular flexibility index (Phi) is 3.87. The highest BCUT2D eigenvalue weighted by molar-refractivity contribution is 5.98. The van der Waals surface area contributed by atoms with Crippen LogP contribution in [0, 0.1) is 11.7 Å². The molecule has 2 atom stereocenters. The summed E-state index contributed by atoms with van der Waals surface area (Å²) in [5.41, 5.74) is -0.455. The van der Waals surface area contributed by atoms with Crippen LogP contribution in [-0.2, 0) is 0 Å². The maximum absolute atomic E-state index is 13.2. The molecule has 0 heterocycles. The lowest BCUT2D eigenvalue weighted by molar-refractivity contribution is -0.212. The minimum Gasteiger partial charge on any atom is -0.383 e. The third-order valence-electron chi connectivity index (χ3n) is 2.36. The number of carbonyl (C=O) groups is 1. The molecule has 0 spiro atoms. The van der Waals surface area contributed by atoms with E-state index in [0.717, 1.165) is 19.1 Å². The van der Waals surface area contributed by atoms with E-state index in [1.54, 1.807) is 0 Å². The molecule has 17 heavy (non-hydrogen) atoms. The molecule has 0 aliphatic heterocycles. The first kappa shape index (κ1) is 13.6. The number of Topliss-reactive ketones (excluding diaryl/α,β-unsaturated/α-hetero) is 1. The number of benzene rings is 1. The Bertz CT molecular complexity index is 414. The van der Waals surface area contributed by atoms with Crippen LogP contribution >= 0.6 is 0 Å². The number of hydrogen-bond acceptors (Lipinski definition) is 2. The van der Waals surface area contributed by atoms with Gasteiger partial charge in [-0.25, -0.2) is 4.39 Å². The summed E-state index contributed by atoms with van der Waals surface area (Å²) >= 11 is 0. The molecule has 1 N–H and O–H groups in total. The van der Waals surface area contributed by atoms with Gasteiger partial charge in [-0.2, -0.15) is 13.2 Å². The Morgan fingerprint density at radius 2 is 1.82 bits per heavy atom. The standard InChI is InChI=1S/C11H10F4O2/c1-6(10(17)11(13,14)15)9(16)7-4-2-3-5-8(7)12/h2-6,10,17H,1H3/t6-,10-/m0/s1. The average molecular weight is 250 g/mol. The van der Waals surface area contributed by atoms with Crippen LogP contribution < -0.4 is 0 Å². The Labute approximate surface area is 94.9 Å². The van der Waals surface area contributed by atoms with E-state index in [-0.39, 0.29) is 0 Å². The number of ketones is 1. The van der Waals surface area contributed by atoms with Crippen molar-refractivity contribution in [2.45, 2.75) is 19.2 Å². The molecule has 0 aliphatic rings. The highest BCUT2D eigenvalue weighted by atomic mass is 19.4. The molecule has 1 rings (SSSR count). The monoisotopic (exact) mass is 250 g/mol. The van der Waals surface area contributed by atoms with Crippen LogP contribution in [0.15, 0.2) is 24.3 Å². The molecule has 0 saturated heterocycles. The quantitative estimate of drug-likeness (QED) is 0.661. The first-order valence-corrected chi connectivity index (χ1v) is 4.78. The summed E-state index contributed by atoms with van der Waals surface area (Å²) in [6.45, 7) is 0.910. The van der Waals surface area contributed by atoms with Gasteiger partial charge in [-0.1, -0.05) is 19.1 Å². The highest BCUT2D eigenvalue weighted by Gasteiger charge is 2.44. The van der Waals surface area contributed by atoms with Gasteiger partial charge < -0.3 is 5.11 Å². The van der Waals surface area contributed by atoms with Crippen molar-refractivity contribution < 1.29 is 27.5 Å². The number of aliphatic hydroxyl groups is 1. The summed E-state index contributed by atoms with van der Waals surface area (Å²) in [4.78, 5) is 11.6. The molecule has 2 nitrogen and oxygen atoms in total. The van der Waals surface area contributed by atoms with Crippen molar-refractivity contribution in [3.05, 3.63) is 35.6 Å². The molecule has 0 amide bonds. The van der Waals surface area contributed by atoms with E-state index in [1.165, 1.54) is 12.1 Å². The van der Waals surface area contributed by atoms with Crippen molar-refractivity contribution in [1.29, 1.82) is 0 Å². The van der Waals surface area contributed by atoms with E-state index in [1.807, 2.05) is 0 Å². The highest BCUT2D eigenvalue weighted by Crippen LogP contribution is 2.27. The molecule has 0 saturated carbocycles. The number of halogens is 4. The van der Waals surface area contributed by atoms with E-state index in [0.29, 0.717) is 0 Å². The van der Waals surface area contributed by atoms with Crippen LogP contribution in [0.2, 0.25) is 0 Å². The molecule has 0 fully saturated rings. The van der Waals surface area contributed by atoms with Crippen LogP contribution in [0.25, 0.3) is 0 Å². The Morgan fingerprint density at radius 3 is 2.29 bits per heavy atom. The van der Waals surface area contributed by atoms with Crippen molar-refractivity contribution in [2.75, 3.05) is 0 Å². The summed E-state index contributed by atoms with van der Waals surface area (Å²) in [6, 6.07) is 4.71. The lowest BCUT2D eigenvalue weighted by Gasteiger charge is -2.20. The van der Waals surface area contributed by atoms with Crippen LogP contribution in [0.4, 0.5) is 17.6 Å². The molecule has 0 radical (unpaired) electrons. The fourth-order valence-electron chi connectivity index (χ4n) is 1.33. The molecule has 1 aromatic rings. The van der Waals surface area contributed by atoms with E-state index < -0.39 is 35.4 Å². The summed E-state index contributed by atoms with van der Waals surface area (Å²) in [7, 11) is 0. The van der Waals surface area contributed by atoms with Gasteiger partial charge >= 0.3 is 6.18 Å². The smallest absolute Gasteiger partial charge is 0.383 e. The molecular weight excluding hydrogens is 240 g/mol. The number of rotatable bonds is 3. The maximum Gasteiger partial charge on any atom is 0.415 e. The average Bonchev–Trinajstić information content (AvgIpc) is 2.25. The normalized spacial score (nSPS) is 15.4. The van der Waals surface area contributed by atoms with Crippen LogP contribution in [0.5, 0.6) is 0 Å². The van der Waals surface area contributed by atoms with Crippen LogP contribution in [0.3, 0.4) is 0 Å². The Morgan fingerprint density at radius 1 is 1.29 bits per heavy atom. The fraction of sp³-hybridized carbons (Fsp3) is 0.364. The topological polar surface area (TPSA) is 37.3 Å². The predicted octanol–water partition coefficient (Wildman–Crippen LogP) is 2.57. The zero-order valence-corrected chi connectivity index (χ0v) is 8.83. The molecule has 94 valence electrons. The summed E-state index contributed by atoms with van der Waals surface area (Å²) in [5.74, 6) is -3.72. The zero-order valence-electron chi connectivity index (χ0n) is 8.83. The van der Waals surface area contributed by atoms with Crippen molar-refractivity contribution in [3.63, 3.8) is 0 Å². The predicted molar refractivity (Wildman–Crippen MR) is 52.0 cm³/mol. The van der Waals surface area contributed by atoms with E-state index >= 15 is 0 Å². The first-order chi connectivity index (χ1) is 7.75. The van der Waals surface area contributed by atoms with Crippen molar-refractivity contribution >= 4 is 5.78 Å². The van der Waals surface area contributed by atoms with Crippen LogP contribution in [-0.4, -0.2) is 23.2 Å². The second-order valence-corrected chi connectivity index (χ2v) is 3.62. The second kappa shape index (κ2) is 4.83. The largest absolute Gasteiger partial charge is 0.415 e.